The molecule has 1 amide bonds. The summed E-state index contributed by atoms with van der Waals surface area (Å²) in [6.45, 7) is 1.99. The fourth-order valence-corrected chi connectivity index (χ4v) is 1.12. The SMILES string of the molecule is CC(COc1cncc(Br)c1)C(N)=O. The van der Waals surface area contributed by atoms with Crippen molar-refractivity contribution in [2.75, 3.05) is 6.61 Å². The lowest BCUT2D eigenvalue weighted by atomic mass is 10.2. The van der Waals surface area contributed by atoms with E-state index in [0.29, 0.717) is 5.75 Å². The van der Waals surface area contributed by atoms with Gasteiger partial charge in [0.2, 0.25) is 5.91 Å². The van der Waals surface area contributed by atoms with E-state index in [-0.39, 0.29) is 18.4 Å². The summed E-state index contributed by atoms with van der Waals surface area (Å²) in [6, 6.07) is 1.78. The quantitative estimate of drug-likeness (QED) is 0.887. The molecule has 1 aromatic heterocycles. The first-order valence-electron chi connectivity index (χ1n) is 4.12. The Morgan fingerprint density at radius 2 is 2.43 bits per heavy atom. The molecular formula is C9H11BrN2O2. The number of halogens is 1. The zero-order chi connectivity index (χ0) is 10.6. The van der Waals surface area contributed by atoms with Gasteiger partial charge in [0.15, 0.2) is 0 Å². The van der Waals surface area contributed by atoms with Crippen molar-refractivity contribution in [1.82, 2.24) is 4.98 Å². The molecule has 2 N–H and O–H groups in total. The standard InChI is InChI=1S/C9H11BrN2O2/c1-6(9(11)13)5-14-8-2-7(10)3-12-4-8/h2-4,6H,5H2,1H3,(H2,11,13). The van der Waals surface area contributed by atoms with Crippen molar-refractivity contribution in [3.8, 4) is 5.75 Å². The molecule has 1 rings (SSSR count). The van der Waals surface area contributed by atoms with Crippen molar-refractivity contribution in [2.45, 2.75) is 6.92 Å². The molecule has 76 valence electrons. The molecule has 4 nitrogen and oxygen atoms in total. The number of ether oxygens (including phenoxy) is 1. The maximum absolute atomic E-state index is 10.7. The first-order chi connectivity index (χ1) is 6.59. The molecule has 0 aliphatic carbocycles. The molecule has 5 heteroatoms. The fraction of sp³-hybridized carbons (Fsp3) is 0.333. The maximum atomic E-state index is 10.7. The van der Waals surface area contributed by atoms with Crippen LogP contribution in [0.15, 0.2) is 22.9 Å². The molecule has 0 aliphatic heterocycles. The van der Waals surface area contributed by atoms with E-state index in [0.717, 1.165) is 4.47 Å². The van der Waals surface area contributed by atoms with Crippen LogP contribution in [-0.2, 0) is 4.79 Å². The Labute approximate surface area is 90.6 Å². The minimum atomic E-state index is -0.368. The molecule has 0 saturated carbocycles. The fourth-order valence-electron chi connectivity index (χ4n) is 0.775. The second-order valence-corrected chi connectivity index (χ2v) is 3.87. The summed E-state index contributed by atoms with van der Waals surface area (Å²) in [5, 5.41) is 0. The summed E-state index contributed by atoms with van der Waals surface area (Å²) in [7, 11) is 0. The lowest BCUT2D eigenvalue weighted by molar-refractivity contribution is -0.122. The number of nitrogens with zero attached hydrogens (tertiary/aromatic N) is 1. The van der Waals surface area contributed by atoms with Crippen LogP contribution in [0.4, 0.5) is 0 Å². The lowest BCUT2D eigenvalue weighted by Gasteiger charge is -2.09. The second-order valence-electron chi connectivity index (χ2n) is 2.95. The summed E-state index contributed by atoms with van der Waals surface area (Å²) in [5.74, 6) is -0.0468. The van der Waals surface area contributed by atoms with Crippen molar-refractivity contribution in [1.29, 1.82) is 0 Å². The predicted molar refractivity (Wildman–Crippen MR) is 55.8 cm³/mol. The van der Waals surface area contributed by atoms with Crippen LogP contribution in [-0.4, -0.2) is 17.5 Å². The van der Waals surface area contributed by atoms with Gasteiger partial charge in [-0.1, -0.05) is 6.92 Å². The van der Waals surface area contributed by atoms with Gasteiger partial charge >= 0.3 is 0 Å². The minimum Gasteiger partial charge on any atom is -0.491 e. The zero-order valence-electron chi connectivity index (χ0n) is 7.74. The van der Waals surface area contributed by atoms with Crippen molar-refractivity contribution < 1.29 is 9.53 Å². The van der Waals surface area contributed by atoms with Crippen molar-refractivity contribution in [2.24, 2.45) is 11.7 Å². The molecule has 1 heterocycles. The third-order valence-electron chi connectivity index (χ3n) is 1.67. The molecule has 0 aliphatic rings. The summed E-state index contributed by atoms with van der Waals surface area (Å²) in [6.07, 6.45) is 3.24. The van der Waals surface area contributed by atoms with E-state index in [1.165, 1.54) is 0 Å². The van der Waals surface area contributed by atoms with E-state index in [9.17, 15) is 4.79 Å². The van der Waals surface area contributed by atoms with Crippen LogP contribution >= 0.6 is 15.9 Å². The van der Waals surface area contributed by atoms with Crippen molar-refractivity contribution in [3.05, 3.63) is 22.9 Å². The maximum Gasteiger partial charge on any atom is 0.223 e. The Kier molecular flexibility index (Phi) is 3.88. The van der Waals surface area contributed by atoms with Crippen LogP contribution in [0.1, 0.15) is 6.92 Å². The average molecular weight is 259 g/mol. The van der Waals surface area contributed by atoms with Gasteiger partial charge in [-0.25, -0.2) is 0 Å². The molecular weight excluding hydrogens is 248 g/mol. The predicted octanol–water partition coefficient (Wildman–Crippen LogP) is 1.34. The van der Waals surface area contributed by atoms with Crippen LogP contribution < -0.4 is 10.5 Å². The molecule has 0 spiro atoms. The largest absolute Gasteiger partial charge is 0.491 e. The Balaban J connectivity index is 2.49. The van der Waals surface area contributed by atoms with Crippen LogP contribution in [0, 0.1) is 5.92 Å². The third-order valence-corrected chi connectivity index (χ3v) is 2.10. The van der Waals surface area contributed by atoms with Crippen molar-refractivity contribution in [3.63, 3.8) is 0 Å². The Hall–Kier alpha value is -1.10. The smallest absolute Gasteiger partial charge is 0.223 e. The Bertz CT molecular complexity index is 330. The van der Waals surface area contributed by atoms with E-state index < -0.39 is 0 Å². The monoisotopic (exact) mass is 258 g/mol. The van der Waals surface area contributed by atoms with Gasteiger partial charge in [0.1, 0.15) is 5.75 Å². The number of nitrogens with two attached hydrogens (primary N) is 1. The minimum absolute atomic E-state index is 0.271. The normalized spacial score (nSPS) is 12.1. The molecule has 0 radical (unpaired) electrons. The van der Waals surface area contributed by atoms with Crippen LogP contribution in [0.3, 0.4) is 0 Å². The van der Waals surface area contributed by atoms with Crippen molar-refractivity contribution >= 4 is 21.8 Å². The number of primary amides is 1. The van der Waals surface area contributed by atoms with E-state index in [1.54, 1.807) is 25.4 Å². The van der Waals surface area contributed by atoms with Crippen LogP contribution in [0.2, 0.25) is 0 Å². The van der Waals surface area contributed by atoms with Crippen LogP contribution in [0.25, 0.3) is 0 Å². The number of carbonyl (C=O) groups is 1. The van der Waals surface area contributed by atoms with Gasteiger partial charge in [-0.2, -0.15) is 0 Å². The van der Waals surface area contributed by atoms with E-state index in [4.69, 9.17) is 10.5 Å². The molecule has 1 atom stereocenters. The number of amides is 1. The summed E-state index contributed by atoms with van der Waals surface area (Å²) in [5.41, 5.74) is 5.09. The molecule has 1 aromatic rings. The highest BCUT2D eigenvalue weighted by Crippen LogP contribution is 2.16. The number of hydrogen-bond donors (Lipinski definition) is 1. The molecule has 14 heavy (non-hydrogen) atoms. The zero-order valence-corrected chi connectivity index (χ0v) is 9.32. The number of hydrogen-bond acceptors (Lipinski definition) is 3. The third kappa shape index (κ3) is 3.33. The van der Waals surface area contributed by atoms with E-state index in [2.05, 4.69) is 20.9 Å². The summed E-state index contributed by atoms with van der Waals surface area (Å²) >= 11 is 3.26. The summed E-state index contributed by atoms with van der Waals surface area (Å²) < 4.78 is 6.15. The van der Waals surface area contributed by atoms with Gasteiger partial charge in [-0.05, 0) is 22.0 Å². The number of aromatic nitrogens is 1. The number of pyridine rings is 1. The van der Waals surface area contributed by atoms with Gasteiger partial charge in [-0.15, -0.1) is 0 Å². The topological polar surface area (TPSA) is 65.2 Å². The van der Waals surface area contributed by atoms with Gasteiger partial charge in [0.05, 0.1) is 18.7 Å². The Morgan fingerprint density at radius 3 is 3.00 bits per heavy atom. The lowest BCUT2D eigenvalue weighted by Crippen LogP contribution is -2.25. The highest BCUT2D eigenvalue weighted by Gasteiger charge is 2.09. The average Bonchev–Trinajstić information content (AvgIpc) is 2.14. The number of rotatable bonds is 4. The van der Waals surface area contributed by atoms with E-state index in [1.807, 2.05) is 0 Å². The first-order valence-corrected chi connectivity index (χ1v) is 4.91. The second kappa shape index (κ2) is 4.95. The number of carbonyl (C=O) groups excluding carboxylic acids is 1. The Morgan fingerprint density at radius 1 is 1.71 bits per heavy atom. The molecule has 1 unspecified atom stereocenters. The molecule has 0 bridgehead atoms. The van der Waals surface area contributed by atoms with Gasteiger partial charge in [0.25, 0.3) is 0 Å². The highest BCUT2D eigenvalue weighted by atomic mass is 79.9. The first kappa shape index (κ1) is 11.0. The van der Waals surface area contributed by atoms with Gasteiger partial charge in [0, 0.05) is 10.7 Å². The highest BCUT2D eigenvalue weighted by molar-refractivity contribution is 9.10. The molecule has 0 saturated heterocycles. The molecule has 0 aromatic carbocycles. The van der Waals surface area contributed by atoms with E-state index >= 15 is 0 Å². The summed E-state index contributed by atoms with van der Waals surface area (Å²) in [4.78, 5) is 14.6. The van der Waals surface area contributed by atoms with Gasteiger partial charge in [-0.3, -0.25) is 9.78 Å². The molecule has 0 fully saturated rings. The van der Waals surface area contributed by atoms with Crippen LogP contribution in [0.5, 0.6) is 5.75 Å². The van der Waals surface area contributed by atoms with Gasteiger partial charge < -0.3 is 10.5 Å².